The highest BCUT2D eigenvalue weighted by molar-refractivity contribution is 6.22. The SMILES string of the molecule is CC(C)N1C(=O)c2ccc(C(=O)N3CCC(NC(=O)C(F)(F)F)CC3)cc2C1=O. The number of alkyl halides is 3. The van der Waals surface area contributed by atoms with Gasteiger partial charge in [-0.3, -0.25) is 24.1 Å². The Bertz CT molecular complexity index is 874. The van der Waals surface area contributed by atoms with Gasteiger partial charge in [0.2, 0.25) is 0 Å². The number of carbonyl (C=O) groups excluding carboxylic acids is 4. The Hall–Kier alpha value is -2.91. The van der Waals surface area contributed by atoms with Gasteiger partial charge in [0, 0.05) is 30.7 Å². The molecule has 2 aliphatic heterocycles. The second-order valence-corrected chi connectivity index (χ2v) is 7.37. The average Bonchev–Trinajstić information content (AvgIpc) is 2.91. The molecule has 0 radical (unpaired) electrons. The van der Waals surface area contributed by atoms with E-state index in [2.05, 4.69) is 0 Å². The summed E-state index contributed by atoms with van der Waals surface area (Å²) in [6, 6.07) is 3.33. The molecule has 4 amide bonds. The van der Waals surface area contributed by atoms with Gasteiger partial charge >= 0.3 is 12.1 Å². The van der Waals surface area contributed by atoms with E-state index in [1.54, 1.807) is 13.8 Å². The maximum Gasteiger partial charge on any atom is 0.471 e. The fourth-order valence-corrected chi connectivity index (χ4v) is 3.54. The summed E-state index contributed by atoms with van der Waals surface area (Å²) in [6.07, 6.45) is -4.56. The van der Waals surface area contributed by atoms with Crippen LogP contribution in [0, 0.1) is 0 Å². The quantitative estimate of drug-likeness (QED) is 0.771. The summed E-state index contributed by atoms with van der Waals surface area (Å²) < 4.78 is 37.0. The zero-order chi connectivity index (χ0) is 21.5. The second kappa shape index (κ2) is 7.49. The van der Waals surface area contributed by atoms with Crippen molar-refractivity contribution in [1.82, 2.24) is 15.1 Å². The number of carbonyl (C=O) groups is 4. The maximum absolute atomic E-state index is 12.7. The lowest BCUT2D eigenvalue weighted by atomic mass is 10.0. The summed E-state index contributed by atoms with van der Waals surface area (Å²) in [4.78, 5) is 51.2. The molecule has 10 heteroatoms. The number of amides is 4. The van der Waals surface area contributed by atoms with Gasteiger partial charge in [0.25, 0.3) is 17.7 Å². The minimum absolute atomic E-state index is 0.168. The van der Waals surface area contributed by atoms with Crippen LogP contribution in [0.1, 0.15) is 57.8 Å². The van der Waals surface area contributed by atoms with Gasteiger partial charge < -0.3 is 10.2 Å². The zero-order valence-corrected chi connectivity index (χ0v) is 15.9. The van der Waals surface area contributed by atoms with Crippen LogP contribution in [-0.2, 0) is 4.79 Å². The van der Waals surface area contributed by atoms with Crippen LogP contribution in [0.2, 0.25) is 0 Å². The Morgan fingerprint density at radius 1 is 1.07 bits per heavy atom. The molecule has 7 nitrogen and oxygen atoms in total. The Kier molecular flexibility index (Phi) is 5.38. The topological polar surface area (TPSA) is 86.8 Å². The molecule has 2 aliphatic rings. The molecule has 0 spiro atoms. The third-order valence-corrected chi connectivity index (χ3v) is 5.06. The van der Waals surface area contributed by atoms with E-state index < -0.39 is 29.9 Å². The number of imide groups is 1. The fraction of sp³-hybridized carbons (Fsp3) is 0.474. The van der Waals surface area contributed by atoms with Gasteiger partial charge in [-0.05, 0) is 44.9 Å². The normalized spacial score (nSPS) is 17.7. The van der Waals surface area contributed by atoms with Crippen molar-refractivity contribution in [2.75, 3.05) is 13.1 Å². The first-order chi connectivity index (χ1) is 13.5. The number of halogens is 3. The van der Waals surface area contributed by atoms with Gasteiger partial charge in [-0.15, -0.1) is 0 Å². The second-order valence-electron chi connectivity index (χ2n) is 7.37. The fourth-order valence-electron chi connectivity index (χ4n) is 3.54. The Balaban J connectivity index is 1.67. The molecule has 1 N–H and O–H groups in total. The summed E-state index contributed by atoms with van der Waals surface area (Å²) in [5.74, 6) is -3.22. The molecular formula is C19H20F3N3O4. The summed E-state index contributed by atoms with van der Waals surface area (Å²) in [7, 11) is 0. The number of fused-ring (bicyclic) bond motifs is 1. The third-order valence-electron chi connectivity index (χ3n) is 5.06. The Labute approximate surface area is 164 Å². The number of likely N-dealkylation sites (tertiary alicyclic amines) is 1. The molecule has 1 aromatic rings. The lowest BCUT2D eigenvalue weighted by Gasteiger charge is -2.32. The van der Waals surface area contributed by atoms with E-state index in [4.69, 9.17) is 0 Å². The molecule has 1 aromatic carbocycles. The molecule has 0 saturated carbocycles. The average molecular weight is 411 g/mol. The van der Waals surface area contributed by atoms with Crippen LogP contribution in [0.25, 0.3) is 0 Å². The van der Waals surface area contributed by atoms with Gasteiger partial charge in [0.15, 0.2) is 0 Å². The molecule has 0 aromatic heterocycles. The van der Waals surface area contributed by atoms with E-state index in [0.29, 0.717) is 0 Å². The smallest absolute Gasteiger partial charge is 0.345 e. The zero-order valence-electron chi connectivity index (χ0n) is 15.9. The van der Waals surface area contributed by atoms with Crippen molar-refractivity contribution in [3.63, 3.8) is 0 Å². The van der Waals surface area contributed by atoms with Crippen molar-refractivity contribution in [2.24, 2.45) is 0 Å². The van der Waals surface area contributed by atoms with Crippen LogP contribution in [0.5, 0.6) is 0 Å². The third kappa shape index (κ3) is 3.96. The highest BCUT2D eigenvalue weighted by atomic mass is 19.4. The largest absolute Gasteiger partial charge is 0.471 e. The van der Waals surface area contributed by atoms with Gasteiger partial charge in [-0.2, -0.15) is 13.2 Å². The van der Waals surface area contributed by atoms with Crippen molar-refractivity contribution in [2.45, 2.75) is 44.9 Å². The van der Waals surface area contributed by atoms with E-state index in [1.807, 2.05) is 5.32 Å². The first kappa shape index (κ1) is 20.8. The molecule has 0 unspecified atom stereocenters. The van der Waals surface area contributed by atoms with Crippen molar-refractivity contribution >= 4 is 23.6 Å². The highest BCUT2D eigenvalue weighted by Crippen LogP contribution is 2.26. The minimum Gasteiger partial charge on any atom is -0.345 e. The predicted octanol–water partition coefficient (Wildman–Crippen LogP) is 1.97. The van der Waals surface area contributed by atoms with Crippen LogP contribution in [0.3, 0.4) is 0 Å². The summed E-state index contributed by atoms with van der Waals surface area (Å²) >= 11 is 0. The number of benzene rings is 1. The van der Waals surface area contributed by atoms with Crippen LogP contribution in [0.4, 0.5) is 13.2 Å². The summed E-state index contributed by atoms with van der Waals surface area (Å²) in [6.45, 7) is 3.78. The highest BCUT2D eigenvalue weighted by Gasteiger charge is 2.41. The first-order valence-electron chi connectivity index (χ1n) is 9.19. The number of rotatable bonds is 3. The molecule has 0 aliphatic carbocycles. The predicted molar refractivity (Wildman–Crippen MR) is 95.2 cm³/mol. The molecule has 3 rings (SSSR count). The van der Waals surface area contributed by atoms with Gasteiger partial charge in [-0.1, -0.05) is 0 Å². The molecular weight excluding hydrogens is 391 g/mol. The van der Waals surface area contributed by atoms with Crippen LogP contribution < -0.4 is 5.32 Å². The summed E-state index contributed by atoms with van der Waals surface area (Å²) in [5.41, 5.74) is 0.643. The van der Waals surface area contributed by atoms with Crippen LogP contribution in [-0.4, -0.2) is 64.8 Å². The van der Waals surface area contributed by atoms with Crippen molar-refractivity contribution in [1.29, 1.82) is 0 Å². The monoisotopic (exact) mass is 411 g/mol. The Morgan fingerprint density at radius 2 is 1.66 bits per heavy atom. The van der Waals surface area contributed by atoms with Gasteiger partial charge in [0.05, 0.1) is 11.1 Å². The van der Waals surface area contributed by atoms with Crippen LogP contribution in [0.15, 0.2) is 18.2 Å². The number of nitrogens with zero attached hydrogens (tertiary/aromatic N) is 2. The van der Waals surface area contributed by atoms with E-state index in [1.165, 1.54) is 23.1 Å². The maximum atomic E-state index is 12.7. The standard InChI is InChI=1S/C19H20F3N3O4/c1-10(2)25-16(27)13-4-3-11(9-14(13)17(25)28)15(26)24-7-5-12(6-8-24)23-18(29)19(20,21)22/h3-4,9-10,12H,5-8H2,1-2H3,(H,23,29). The lowest BCUT2D eigenvalue weighted by Crippen LogP contribution is -2.49. The minimum atomic E-state index is -4.94. The lowest BCUT2D eigenvalue weighted by molar-refractivity contribution is -0.174. The Morgan fingerprint density at radius 3 is 2.21 bits per heavy atom. The molecule has 0 bridgehead atoms. The van der Waals surface area contributed by atoms with E-state index in [0.717, 1.165) is 4.90 Å². The summed E-state index contributed by atoms with van der Waals surface area (Å²) in [5, 5.41) is 1.93. The molecule has 0 atom stereocenters. The molecule has 2 heterocycles. The van der Waals surface area contributed by atoms with E-state index >= 15 is 0 Å². The molecule has 1 fully saturated rings. The van der Waals surface area contributed by atoms with Gasteiger partial charge in [0.1, 0.15) is 0 Å². The van der Waals surface area contributed by atoms with E-state index in [9.17, 15) is 32.3 Å². The van der Waals surface area contributed by atoms with Gasteiger partial charge in [-0.25, -0.2) is 0 Å². The molecule has 29 heavy (non-hydrogen) atoms. The number of piperidine rings is 1. The first-order valence-corrected chi connectivity index (χ1v) is 9.19. The molecule has 156 valence electrons. The molecule has 1 saturated heterocycles. The van der Waals surface area contributed by atoms with Crippen molar-refractivity contribution in [3.8, 4) is 0 Å². The van der Waals surface area contributed by atoms with Crippen molar-refractivity contribution < 1.29 is 32.3 Å². The number of nitrogens with one attached hydrogen (secondary N) is 1. The number of hydrogen-bond acceptors (Lipinski definition) is 4. The van der Waals surface area contributed by atoms with Crippen LogP contribution >= 0.6 is 0 Å². The number of hydrogen-bond donors (Lipinski definition) is 1. The van der Waals surface area contributed by atoms with E-state index in [-0.39, 0.29) is 54.6 Å². The van der Waals surface area contributed by atoms with Crippen molar-refractivity contribution in [3.05, 3.63) is 34.9 Å².